The maximum atomic E-state index is 12.2. The van der Waals surface area contributed by atoms with E-state index in [1.807, 2.05) is 73.6 Å². The summed E-state index contributed by atoms with van der Waals surface area (Å²) in [5, 5.41) is 17.2. The first-order valence-corrected chi connectivity index (χ1v) is 22.3. The summed E-state index contributed by atoms with van der Waals surface area (Å²) in [4.78, 5) is 26.7. The fourth-order valence-electron chi connectivity index (χ4n) is 7.48. The van der Waals surface area contributed by atoms with Crippen LogP contribution < -0.4 is 5.19 Å². The third kappa shape index (κ3) is 7.92. The number of furan rings is 1. The van der Waals surface area contributed by atoms with Gasteiger partial charge in [-0.15, -0.1) is 18.2 Å². The monoisotopic (exact) mass is 907 g/mol. The fourth-order valence-corrected chi connectivity index (χ4v) is 9.99. The van der Waals surface area contributed by atoms with Gasteiger partial charge >= 0.3 is 0 Å². The van der Waals surface area contributed by atoms with Crippen molar-refractivity contribution in [3.8, 4) is 11.3 Å². The molecule has 6 rings (SSSR count). The van der Waals surface area contributed by atoms with E-state index in [1.165, 1.54) is 33.2 Å². The molecule has 0 aliphatic carbocycles. The molecule has 53 heavy (non-hydrogen) atoms. The molecular weight excluding hydrogens is 851 g/mol. The molecule has 0 saturated heterocycles. The normalized spacial score (nSPS) is 12.7. The molecular formula is C45H56IrN3O3Si-. The topological polar surface area (TPSA) is 89.1 Å². The number of hydrogen-bond acceptors (Lipinski definition) is 6. The van der Waals surface area contributed by atoms with Crippen LogP contribution in [0.3, 0.4) is 0 Å². The summed E-state index contributed by atoms with van der Waals surface area (Å²) in [6.07, 6.45) is 4.75. The first kappa shape index (κ1) is 42.0. The van der Waals surface area contributed by atoms with Crippen LogP contribution in [-0.4, -0.2) is 33.9 Å². The average molecular weight is 907 g/mol. The van der Waals surface area contributed by atoms with Crippen molar-refractivity contribution in [1.29, 1.82) is 0 Å². The Morgan fingerprint density at radius 3 is 2.08 bits per heavy atom. The number of rotatable bonds is 9. The van der Waals surface area contributed by atoms with Crippen LogP contribution in [0.4, 0.5) is 0 Å². The number of nitrogens with zero attached hydrogens (tertiary/aromatic N) is 3. The molecule has 3 aromatic heterocycles. The molecule has 0 fully saturated rings. The van der Waals surface area contributed by atoms with Crippen LogP contribution in [-0.2, 0) is 24.9 Å². The summed E-state index contributed by atoms with van der Waals surface area (Å²) in [7, 11) is -1.55. The largest absolute Gasteiger partial charge is 0.512 e. The Hall–Kier alpha value is -3.71. The first-order chi connectivity index (χ1) is 24.4. The summed E-state index contributed by atoms with van der Waals surface area (Å²) in [6.45, 7) is 27.8. The summed E-state index contributed by atoms with van der Waals surface area (Å²) in [6, 6.07) is 18.2. The van der Waals surface area contributed by atoms with Gasteiger partial charge in [-0.05, 0) is 81.8 Å². The van der Waals surface area contributed by atoms with Gasteiger partial charge in [0.25, 0.3) is 0 Å². The Labute approximate surface area is 330 Å². The van der Waals surface area contributed by atoms with Crippen LogP contribution in [0.1, 0.15) is 89.9 Å². The number of pyridine rings is 1. The Bertz CT molecular complexity index is 2340. The Morgan fingerprint density at radius 2 is 1.47 bits per heavy atom. The van der Waals surface area contributed by atoms with Crippen LogP contribution in [0.5, 0.6) is 0 Å². The van der Waals surface area contributed by atoms with Crippen LogP contribution in [0, 0.1) is 44.6 Å². The quantitative estimate of drug-likeness (QED) is 0.0511. The van der Waals surface area contributed by atoms with Gasteiger partial charge in [0.05, 0.1) is 19.2 Å². The van der Waals surface area contributed by atoms with E-state index >= 15 is 0 Å². The van der Waals surface area contributed by atoms with Crippen molar-refractivity contribution in [2.75, 3.05) is 0 Å². The third-order valence-electron chi connectivity index (χ3n) is 11.6. The Kier molecular flexibility index (Phi) is 12.6. The SMILES string of the molecule is CCC(C)(CC)C(=O)/C=C(\O)C(C)(CC)CC.Cc1ccc2c(n1)oc1c(-c3nc(C)nc4c3ccc3cc(C)c([Si](C)(C)C)c(C)c34)[c-]ccc12.[Ir]. The molecule has 6 nitrogen and oxygen atoms in total. The van der Waals surface area contributed by atoms with E-state index < -0.39 is 8.07 Å². The zero-order chi connectivity index (χ0) is 38.3. The van der Waals surface area contributed by atoms with E-state index in [4.69, 9.17) is 14.4 Å². The molecule has 1 radical (unpaired) electrons. The number of aliphatic hydroxyl groups excluding tert-OH is 1. The molecule has 0 bridgehead atoms. The number of aliphatic hydroxyl groups is 1. The van der Waals surface area contributed by atoms with Gasteiger partial charge in [0, 0.05) is 59.2 Å². The molecule has 0 unspecified atom stereocenters. The molecule has 283 valence electrons. The number of carbonyl (C=O) groups is 1. The van der Waals surface area contributed by atoms with E-state index in [0.717, 1.165) is 75.7 Å². The second-order valence-electron chi connectivity index (χ2n) is 16.1. The van der Waals surface area contributed by atoms with Crippen LogP contribution in [0.25, 0.3) is 55.0 Å². The van der Waals surface area contributed by atoms with Gasteiger partial charge in [0.15, 0.2) is 5.78 Å². The maximum absolute atomic E-state index is 12.2. The molecule has 8 heteroatoms. The average Bonchev–Trinajstić information content (AvgIpc) is 3.47. The first-order valence-electron chi connectivity index (χ1n) is 18.8. The summed E-state index contributed by atoms with van der Waals surface area (Å²) < 4.78 is 6.30. The van der Waals surface area contributed by atoms with Crippen LogP contribution >= 0.6 is 0 Å². The minimum absolute atomic E-state index is 0. The minimum Gasteiger partial charge on any atom is -0.512 e. The van der Waals surface area contributed by atoms with Crippen LogP contribution in [0.2, 0.25) is 19.6 Å². The van der Waals surface area contributed by atoms with Gasteiger partial charge in [-0.1, -0.05) is 101 Å². The molecule has 3 heterocycles. The van der Waals surface area contributed by atoms with Crippen molar-refractivity contribution in [2.24, 2.45) is 10.8 Å². The van der Waals surface area contributed by atoms with Gasteiger partial charge in [-0.25, -0.2) is 9.97 Å². The van der Waals surface area contributed by atoms with E-state index in [0.29, 0.717) is 5.71 Å². The predicted octanol–water partition coefficient (Wildman–Crippen LogP) is 12.0. The molecule has 1 N–H and O–H groups in total. The molecule has 0 saturated carbocycles. The third-order valence-corrected chi connectivity index (χ3v) is 13.8. The standard InChI is InChI=1S/C30H28N3OSi.C15H28O2.Ir/c1-16-15-20-12-14-23-26(32-19(4)33-27(23)25(20)18(3)29(16)35(5,6)7)24-10-8-9-21-22-13-11-17(2)31-30(22)34-28(21)24;1-7-14(5,8-2)12(16)11-13(17)15(6,9-3)10-4;/h8-9,11-15H,1-7H3;11,16H,7-10H2,1-6H3;/q-1;;/b;12-11-;. The molecule has 0 atom stereocenters. The van der Waals surface area contributed by atoms with E-state index in [1.54, 1.807) is 0 Å². The van der Waals surface area contributed by atoms with E-state index in [2.05, 4.69) is 68.8 Å². The number of ketones is 1. The van der Waals surface area contributed by atoms with Crippen molar-refractivity contribution in [1.82, 2.24) is 15.0 Å². The maximum Gasteiger partial charge on any atom is 0.216 e. The molecule has 0 aliphatic heterocycles. The molecule has 6 aromatic rings. The van der Waals surface area contributed by atoms with Crippen molar-refractivity contribution >= 4 is 62.8 Å². The Balaban J connectivity index is 0.000000299. The second kappa shape index (κ2) is 15.9. The zero-order valence-electron chi connectivity index (χ0n) is 33.9. The summed E-state index contributed by atoms with van der Waals surface area (Å²) in [5.41, 5.74) is 7.17. The summed E-state index contributed by atoms with van der Waals surface area (Å²) >= 11 is 0. The number of allylic oxidation sites excluding steroid dienone is 2. The van der Waals surface area contributed by atoms with Gasteiger partial charge in [0.1, 0.15) is 11.6 Å². The number of fused-ring (bicyclic) bond motifs is 6. The summed E-state index contributed by atoms with van der Waals surface area (Å²) in [5.74, 6) is 1.03. The Morgan fingerprint density at radius 1 is 0.849 bits per heavy atom. The van der Waals surface area contributed by atoms with Crippen molar-refractivity contribution in [2.45, 2.75) is 115 Å². The van der Waals surface area contributed by atoms with Crippen molar-refractivity contribution in [3.05, 3.63) is 83.0 Å². The number of hydrogen-bond donors (Lipinski definition) is 1. The number of carbonyl (C=O) groups excluding carboxylic acids is 1. The van der Waals surface area contributed by atoms with E-state index in [9.17, 15) is 9.90 Å². The second-order valence-corrected chi connectivity index (χ2v) is 21.1. The van der Waals surface area contributed by atoms with Gasteiger partial charge < -0.3 is 9.52 Å². The number of aromatic nitrogens is 3. The zero-order valence-corrected chi connectivity index (χ0v) is 37.3. The number of benzene rings is 3. The minimum atomic E-state index is -1.55. The van der Waals surface area contributed by atoms with E-state index in [-0.39, 0.29) is 42.5 Å². The fraction of sp³-hybridized carbons (Fsp3) is 0.422. The van der Waals surface area contributed by atoms with Crippen LogP contribution in [0.15, 0.2) is 58.7 Å². The molecule has 0 aliphatic rings. The van der Waals surface area contributed by atoms with Gasteiger partial charge in [0.2, 0.25) is 5.71 Å². The molecule has 3 aromatic carbocycles. The van der Waals surface area contributed by atoms with Crippen molar-refractivity contribution < 1.29 is 34.4 Å². The van der Waals surface area contributed by atoms with Gasteiger partial charge in [-0.2, -0.15) is 0 Å². The van der Waals surface area contributed by atoms with Crippen molar-refractivity contribution in [3.63, 3.8) is 0 Å². The smallest absolute Gasteiger partial charge is 0.216 e. The number of aryl methyl sites for hydroxylation is 4. The molecule has 0 amide bonds. The van der Waals surface area contributed by atoms with Gasteiger partial charge in [-0.3, -0.25) is 9.78 Å². The molecule has 0 spiro atoms. The predicted molar refractivity (Wildman–Crippen MR) is 221 cm³/mol.